The lowest BCUT2D eigenvalue weighted by atomic mass is 10.2. The number of hydrogen-bond donors (Lipinski definition) is 0. The molecule has 0 bridgehead atoms. The molecular weight excluding hydrogens is 308 g/mol. The molecule has 0 aliphatic heterocycles. The average molecular weight is 330 g/mol. The van der Waals surface area contributed by atoms with E-state index < -0.39 is 0 Å². The summed E-state index contributed by atoms with van der Waals surface area (Å²) in [6, 6.07) is 8.39. The van der Waals surface area contributed by atoms with Crippen LogP contribution in [0.5, 0.6) is 0 Å². The fraction of sp³-hybridized carbons (Fsp3) is 0.438. The lowest BCUT2D eigenvalue weighted by molar-refractivity contribution is 0.286. The number of aromatic nitrogens is 4. The van der Waals surface area contributed by atoms with Gasteiger partial charge in [-0.05, 0) is 25.2 Å². The van der Waals surface area contributed by atoms with Crippen molar-refractivity contribution in [1.29, 1.82) is 0 Å². The van der Waals surface area contributed by atoms with E-state index in [0.717, 1.165) is 46.7 Å². The second-order valence-electron chi connectivity index (χ2n) is 5.62. The fourth-order valence-corrected chi connectivity index (χ4v) is 3.29. The van der Waals surface area contributed by atoms with E-state index >= 15 is 0 Å². The zero-order valence-corrected chi connectivity index (χ0v) is 14.8. The summed E-state index contributed by atoms with van der Waals surface area (Å²) in [5.41, 5.74) is 2.28. The number of rotatable bonds is 6. The molecule has 2 aromatic heterocycles. The van der Waals surface area contributed by atoms with Crippen LogP contribution >= 0.6 is 11.3 Å². The molecule has 0 fully saturated rings. The average Bonchev–Trinajstić information content (AvgIpc) is 3.14. The third kappa shape index (κ3) is 3.20. The van der Waals surface area contributed by atoms with Crippen molar-refractivity contribution in [3.8, 4) is 10.6 Å². The Balaban J connectivity index is 1.94. The highest BCUT2D eigenvalue weighted by atomic mass is 32.1. The second-order valence-corrected chi connectivity index (χ2v) is 6.58. The van der Waals surface area contributed by atoms with Crippen LogP contribution in [0.4, 0.5) is 5.69 Å². The highest BCUT2D eigenvalue weighted by Gasteiger charge is 2.15. The molecule has 0 radical (unpaired) electrons. The first-order valence-electron chi connectivity index (χ1n) is 7.83. The van der Waals surface area contributed by atoms with Gasteiger partial charge in [0.25, 0.3) is 0 Å². The van der Waals surface area contributed by atoms with Gasteiger partial charge in [-0.1, -0.05) is 37.3 Å². The minimum Gasteiger partial charge on any atom is -0.378 e. The van der Waals surface area contributed by atoms with Crippen molar-refractivity contribution in [2.45, 2.75) is 20.4 Å². The van der Waals surface area contributed by atoms with Crippen LogP contribution in [0.2, 0.25) is 0 Å². The van der Waals surface area contributed by atoms with Crippen LogP contribution < -0.4 is 4.90 Å². The fourth-order valence-electron chi connectivity index (χ4n) is 2.44. The Labute approximate surface area is 140 Å². The maximum atomic E-state index is 4.73. The topological polar surface area (TPSA) is 49.6 Å². The predicted octanol–water partition coefficient (Wildman–Crippen LogP) is 2.76. The smallest absolute Gasteiger partial charge is 0.235 e. The highest BCUT2D eigenvalue weighted by molar-refractivity contribution is 7.19. The van der Waals surface area contributed by atoms with Gasteiger partial charge in [0.15, 0.2) is 5.82 Å². The molecule has 0 unspecified atom stereocenters. The summed E-state index contributed by atoms with van der Waals surface area (Å²) in [7, 11) is 4.08. The Morgan fingerprint density at radius 1 is 1.13 bits per heavy atom. The number of hydrogen-bond acceptors (Lipinski definition) is 6. The summed E-state index contributed by atoms with van der Waals surface area (Å²) in [5, 5.41) is 14.3. The van der Waals surface area contributed by atoms with E-state index in [1.165, 1.54) is 0 Å². The Morgan fingerprint density at radius 3 is 2.61 bits per heavy atom. The number of benzene rings is 1. The Hall–Kier alpha value is -1.99. The van der Waals surface area contributed by atoms with Gasteiger partial charge in [-0.25, -0.2) is 0 Å². The molecular formula is C16H22N6S. The number of anilines is 1. The van der Waals surface area contributed by atoms with Crippen LogP contribution in [0.25, 0.3) is 15.5 Å². The Kier molecular flexibility index (Phi) is 4.58. The lowest BCUT2D eigenvalue weighted by Gasteiger charge is -2.15. The van der Waals surface area contributed by atoms with Crippen molar-refractivity contribution < 1.29 is 0 Å². The van der Waals surface area contributed by atoms with Gasteiger partial charge in [0, 0.05) is 25.3 Å². The van der Waals surface area contributed by atoms with Gasteiger partial charge in [-0.3, -0.25) is 4.90 Å². The highest BCUT2D eigenvalue weighted by Crippen LogP contribution is 2.28. The van der Waals surface area contributed by atoms with Crippen molar-refractivity contribution in [3.05, 3.63) is 30.1 Å². The van der Waals surface area contributed by atoms with Crippen LogP contribution in [-0.2, 0) is 6.54 Å². The lowest BCUT2D eigenvalue weighted by Crippen LogP contribution is -2.23. The molecule has 6 nitrogen and oxygen atoms in total. The molecule has 7 heteroatoms. The van der Waals surface area contributed by atoms with Crippen LogP contribution in [0, 0.1) is 0 Å². The van der Waals surface area contributed by atoms with Crippen molar-refractivity contribution in [3.63, 3.8) is 0 Å². The predicted molar refractivity (Wildman–Crippen MR) is 95.0 cm³/mol. The quantitative estimate of drug-likeness (QED) is 0.695. The zero-order chi connectivity index (χ0) is 16.4. The molecule has 0 spiro atoms. The van der Waals surface area contributed by atoms with Gasteiger partial charge in [0.1, 0.15) is 5.01 Å². The Bertz CT molecular complexity index is 787. The monoisotopic (exact) mass is 330 g/mol. The summed E-state index contributed by atoms with van der Waals surface area (Å²) in [5.74, 6) is 0.898. The third-order valence-corrected chi connectivity index (χ3v) is 4.87. The van der Waals surface area contributed by atoms with Gasteiger partial charge < -0.3 is 4.90 Å². The molecule has 3 aromatic rings. The van der Waals surface area contributed by atoms with Crippen molar-refractivity contribution in [2.24, 2.45) is 0 Å². The van der Waals surface area contributed by atoms with Crippen LogP contribution in [0.3, 0.4) is 0 Å². The summed E-state index contributed by atoms with van der Waals surface area (Å²) >= 11 is 1.58. The van der Waals surface area contributed by atoms with E-state index in [0.29, 0.717) is 0 Å². The molecule has 0 N–H and O–H groups in total. The van der Waals surface area contributed by atoms with Crippen molar-refractivity contribution in [1.82, 2.24) is 24.7 Å². The van der Waals surface area contributed by atoms with Crippen molar-refractivity contribution >= 4 is 22.0 Å². The molecule has 2 heterocycles. The molecule has 0 aliphatic carbocycles. The molecule has 1 aromatic carbocycles. The summed E-state index contributed by atoms with van der Waals surface area (Å²) in [6.07, 6.45) is 0. The Morgan fingerprint density at radius 2 is 1.91 bits per heavy atom. The summed E-state index contributed by atoms with van der Waals surface area (Å²) < 4.78 is 1.88. The van der Waals surface area contributed by atoms with E-state index in [1.54, 1.807) is 11.3 Å². The molecule has 0 atom stereocenters. The number of fused-ring (bicyclic) bond motifs is 1. The number of nitrogens with zero attached hydrogens (tertiary/aromatic N) is 6. The zero-order valence-electron chi connectivity index (χ0n) is 14.0. The minimum atomic E-state index is 0.773. The van der Waals surface area contributed by atoms with Crippen molar-refractivity contribution in [2.75, 3.05) is 32.1 Å². The van der Waals surface area contributed by atoms with Crippen LogP contribution in [0.1, 0.15) is 19.7 Å². The molecule has 3 rings (SSSR count). The van der Waals surface area contributed by atoms with Gasteiger partial charge >= 0.3 is 0 Å². The molecule has 0 saturated carbocycles. The van der Waals surface area contributed by atoms with E-state index in [4.69, 9.17) is 5.10 Å². The normalized spacial score (nSPS) is 11.5. The first-order valence-corrected chi connectivity index (χ1v) is 8.65. The first kappa shape index (κ1) is 15.9. The van der Waals surface area contributed by atoms with E-state index in [9.17, 15) is 0 Å². The van der Waals surface area contributed by atoms with Crippen LogP contribution in [0.15, 0.2) is 24.3 Å². The molecule has 0 saturated heterocycles. The maximum absolute atomic E-state index is 4.73. The van der Waals surface area contributed by atoms with E-state index in [2.05, 4.69) is 58.1 Å². The third-order valence-electron chi connectivity index (χ3n) is 3.92. The standard InChI is InChI=1S/C16H22N6S/c1-5-21(6-2)11-14-17-18-16-22(14)19-15(23-16)12-8-7-9-13(10-12)20(3)4/h7-10H,5-6,11H2,1-4H3. The molecule has 23 heavy (non-hydrogen) atoms. The summed E-state index contributed by atoms with van der Waals surface area (Å²) in [4.78, 5) is 5.25. The molecule has 0 amide bonds. The minimum absolute atomic E-state index is 0.773. The SMILES string of the molecule is CCN(CC)Cc1nnc2sc(-c3cccc(N(C)C)c3)nn12. The van der Waals surface area contributed by atoms with E-state index in [-0.39, 0.29) is 0 Å². The second kappa shape index (κ2) is 6.64. The molecule has 122 valence electrons. The summed E-state index contributed by atoms with van der Waals surface area (Å²) in [6.45, 7) is 7.07. The van der Waals surface area contributed by atoms with Gasteiger partial charge in [-0.2, -0.15) is 9.61 Å². The van der Waals surface area contributed by atoms with Gasteiger partial charge in [0.2, 0.25) is 4.96 Å². The molecule has 0 aliphatic rings. The van der Waals surface area contributed by atoms with Gasteiger partial charge in [-0.15, -0.1) is 10.2 Å². The first-order chi connectivity index (χ1) is 11.1. The van der Waals surface area contributed by atoms with E-state index in [1.807, 2.05) is 18.6 Å². The largest absolute Gasteiger partial charge is 0.378 e. The van der Waals surface area contributed by atoms with Gasteiger partial charge in [0.05, 0.1) is 6.54 Å². The maximum Gasteiger partial charge on any atom is 0.235 e. The van der Waals surface area contributed by atoms with Crippen LogP contribution in [-0.4, -0.2) is 51.9 Å².